The Bertz CT molecular complexity index is 134. The van der Waals surface area contributed by atoms with Crippen molar-refractivity contribution in [1.82, 2.24) is 5.06 Å². The first-order valence-corrected chi connectivity index (χ1v) is 4.86. The fraction of sp³-hybridized carbons (Fsp3) is 1.00. The van der Waals surface area contributed by atoms with E-state index in [0.717, 1.165) is 25.9 Å². The van der Waals surface area contributed by atoms with E-state index < -0.39 is 11.4 Å². The molecule has 66 valence electrons. The van der Waals surface area contributed by atoms with Crippen LogP contribution >= 0.6 is 0 Å². The summed E-state index contributed by atoms with van der Waals surface area (Å²) < 4.78 is 23.3. The second-order valence-corrected chi connectivity index (χ2v) is 3.22. The minimum atomic E-state index is -2.14. The fourth-order valence-electron chi connectivity index (χ4n) is 1.21. The van der Waals surface area contributed by atoms with Gasteiger partial charge in [-0.1, -0.05) is 12.8 Å². The van der Waals surface area contributed by atoms with E-state index in [2.05, 4.69) is 4.28 Å². The zero-order valence-corrected chi connectivity index (χ0v) is 7.18. The molecule has 4 nitrogen and oxygen atoms in total. The summed E-state index contributed by atoms with van der Waals surface area (Å²) in [7, 11) is 0. The Morgan fingerprint density at radius 1 is 1.18 bits per heavy atom. The second kappa shape index (κ2) is 4.82. The Balaban J connectivity index is 2.25. The molecule has 1 fully saturated rings. The minimum absolute atomic E-state index is 0.770. The molecule has 1 atom stereocenters. The Morgan fingerprint density at radius 3 is 2.18 bits per heavy atom. The van der Waals surface area contributed by atoms with Crippen LogP contribution in [0.25, 0.3) is 0 Å². The number of hydrogen-bond donors (Lipinski definition) is 1. The van der Waals surface area contributed by atoms with Crippen molar-refractivity contribution in [2.45, 2.75) is 25.7 Å². The lowest BCUT2D eigenvalue weighted by Crippen LogP contribution is -2.25. The molecular weight excluding hydrogens is 166 g/mol. The number of rotatable bonds is 2. The summed E-state index contributed by atoms with van der Waals surface area (Å²) in [5, 5.41) is 1.57. The third kappa shape index (κ3) is 3.81. The van der Waals surface area contributed by atoms with Crippen molar-refractivity contribution >= 4 is 11.4 Å². The largest absolute Gasteiger partial charge is 0.319 e. The first-order chi connectivity index (χ1) is 5.29. The molecule has 1 saturated heterocycles. The van der Waals surface area contributed by atoms with E-state index in [1.165, 1.54) is 12.8 Å². The summed E-state index contributed by atoms with van der Waals surface area (Å²) in [4.78, 5) is 0. The molecule has 0 aromatic carbocycles. The highest BCUT2D eigenvalue weighted by molar-refractivity contribution is 7.74. The van der Waals surface area contributed by atoms with Gasteiger partial charge in [0, 0.05) is 13.1 Å². The zero-order chi connectivity index (χ0) is 8.10. The summed E-state index contributed by atoms with van der Waals surface area (Å²) in [5.74, 6) is 0. The Hall–Kier alpha value is 0.0300. The van der Waals surface area contributed by atoms with Crippen LogP contribution in [0.1, 0.15) is 25.7 Å². The highest BCUT2D eigenvalue weighted by atomic mass is 32.2. The quantitative estimate of drug-likeness (QED) is 0.641. The molecule has 5 heteroatoms. The number of hydroxylamine groups is 2. The molecule has 0 bridgehead atoms. The van der Waals surface area contributed by atoms with Crippen LogP contribution in [0.15, 0.2) is 0 Å². The van der Waals surface area contributed by atoms with Gasteiger partial charge in [0.05, 0.1) is 0 Å². The van der Waals surface area contributed by atoms with Crippen LogP contribution in [-0.2, 0) is 15.6 Å². The van der Waals surface area contributed by atoms with Gasteiger partial charge in [0.15, 0.2) is 0 Å². The predicted molar refractivity (Wildman–Crippen MR) is 41.9 cm³/mol. The molecule has 1 aliphatic heterocycles. The Morgan fingerprint density at radius 2 is 1.73 bits per heavy atom. The summed E-state index contributed by atoms with van der Waals surface area (Å²) in [5.41, 5.74) is 0. The molecule has 0 aliphatic carbocycles. The number of nitrogens with zero attached hydrogens (tertiary/aromatic N) is 1. The van der Waals surface area contributed by atoms with Crippen LogP contribution in [0.4, 0.5) is 0 Å². The van der Waals surface area contributed by atoms with Crippen LogP contribution in [0.3, 0.4) is 0 Å². The maximum absolute atomic E-state index is 10.2. The lowest BCUT2D eigenvalue weighted by molar-refractivity contribution is -0.0493. The molecule has 0 aromatic heterocycles. The van der Waals surface area contributed by atoms with E-state index in [1.54, 1.807) is 5.06 Å². The van der Waals surface area contributed by atoms with Crippen molar-refractivity contribution < 1.29 is 13.0 Å². The molecular formula is C6H13NO3S. The van der Waals surface area contributed by atoms with E-state index in [-0.39, 0.29) is 0 Å². The van der Waals surface area contributed by atoms with Gasteiger partial charge in [0.1, 0.15) is 0 Å². The monoisotopic (exact) mass is 179 g/mol. The van der Waals surface area contributed by atoms with Crippen molar-refractivity contribution in [3.8, 4) is 0 Å². The molecule has 1 rings (SSSR count). The first-order valence-electron chi connectivity index (χ1n) is 3.83. The summed E-state index contributed by atoms with van der Waals surface area (Å²) in [6, 6.07) is 0. The molecule has 0 amide bonds. The van der Waals surface area contributed by atoms with Gasteiger partial charge in [0.2, 0.25) is 0 Å². The average molecular weight is 179 g/mol. The van der Waals surface area contributed by atoms with Gasteiger partial charge in [-0.3, -0.25) is 4.55 Å². The summed E-state index contributed by atoms with van der Waals surface area (Å²) in [6.07, 6.45) is 4.49. The van der Waals surface area contributed by atoms with Gasteiger partial charge in [-0.15, -0.1) is 0 Å². The Kier molecular flexibility index (Phi) is 3.99. The zero-order valence-electron chi connectivity index (χ0n) is 6.36. The van der Waals surface area contributed by atoms with E-state index in [9.17, 15) is 4.21 Å². The lowest BCUT2D eigenvalue weighted by Gasteiger charge is -2.14. The van der Waals surface area contributed by atoms with E-state index in [4.69, 9.17) is 4.55 Å². The average Bonchev–Trinajstić information content (AvgIpc) is 2.14. The standard InChI is InChI=1S/C6H13NO3S/c8-11(9)10-7-5-3-1-2-4-6-7/h1-6H2,(H,8,9). The minimum Gasteiger partial charge on any atom is -0.283 e. The molecule has 1 heterocycles. The van der Waals surface area contributed by atoms with Crippen LogP contribution in [0.2, 0.25) is 0 Å². The van der Waals surface area contributed by atoms with Crippen LogP contribution in [0, 0.1) is 0 Å². The molecule has 0 spiro atoms. The third-order valence-corrected chi connectivity index (χ3v) is 2.07. The van der Waals surface area contributed by atoms with Crippen LogP contribution in [0.5, 0.6) is 0 Å². The third-order valence-electron chi connectivity index (χ3n) is 1.73. The molecule has 0 aromatic rings. The molecule has 0 radical (unpaired) electrons. The maximum atomic E-state index is 10.2. The van der Waals surface area contributed by atoms with Crippen molar-refractivity contribution in [2.24, 2.45) is 0 Å². The van der Waals surface area contributed by atoms with Gasteiger partial charge in [-0.2, -0.15) is 13.6 Å². The normalized spacial score (nSPS) is 24.5. The molecule has 11 heavy (non-hydrogen) atoms. The Labute approximate surface area is 69.0 Å². The SMILES string of the molecule is O=S(O)ON1CCCCCC1. The number of hydrogen-bond acceptors (Lipinski definition) is 3. The van der Waals surface area contributed by atoms with Gasteiger partial charge in [-0.05, 0) is 12.8 Å². The van der Waals surface area contributed by atoms with Gasteiger partial charge >= 0.3 is 11.4 Å². The van der Waals surface area contributed by atoms with Crippen molar-refractivity contribution in [2.75, 3.05) is 13.1 Å². The summed E-state index contributed by atoms with van der Waals surface area (Å²) in [6.45, 7) is 1.54. The molecule has 1 unspecified atom stereocenters. The first kappa shape index (κ1) is 9.12. The van der Waals surface area contributed by atoms with Crippen molar-refractivity contribution in [3.63, 3.8) is 0 Å². The highest BCUT2D eigenvalue weighted by Gasteiger charge is 2.11. The predicted octanol–water partition coefficient (Wildman–Crippen LogP) is 0.931. The van der Waals surface area contributed by atoms with Crippen LogP contribution < -0.4 is 0 Å². The van der Waals surface area contributed by atoms with Gasteiger partial charge in [0.25, 0.3) is 0 Å². The van der Waals surface area contributed by atoms with Crippen molar-refractivity contribution in [3.05, 3.63) is 0 Å². The lowest BCUT2D eigenvalue weighted by atomic mass is 10.2. The molecule has 1 N–H and O–H groups in total. The summed E-state index contributed by atoms with van der Waals surface area (Å²) >= 11 is -2.14. The van der Waals surface area contributed by atoms with Gasteiger partial charge in [-0.25, -0.2) is 0 Å². The van der Waals surface area contributed by atoms with Crippen molar-refractivity contribution in [1.29, 1.82) is 0 Å². The second-order valence-electron chi connectivity index (χ2n) is 2.63. The maximum Gasteiger partial charge on any atom is 0.319 e. The van der Waals surface area contributed by atoms with E-state index in [0.29, 0.717) is 0 Å². The fourth-order valence-corrected chi connectivity index (χ4v) is 1.54. The molecule has 0 saturated carbocycles. The van der Waals surface area contributed by atoms with E-state index in [1.807, 2.05) is 0 Å². The van der Waals surface area contributed by atoms with E-state index >= 15 is 0 Å². The smallest absolute Gasteiger partial charge is 0.283 e. The highest BCUT2D eigenvalue weighted by Crippen LogP contribution is 2.09. The van der Waals surface area contributed by atoms with Crippen LogP contribution in [-0.4, -0.2) is 26.9 Å². The van der Waals surface area contributed by atoms with Gasteiger partial charge < -0.3 is 0 Å². The topological polar surface area (TPSA) is 49.8 Å². The molecule has 1 aliphatic rings.